The van der Waals surface area contributed by atoms with Crippen molar-refractivity contribution >= 4 is 17.9 Å². The third-order valence-electron chi connectivity index (χ3n) is 5.62. The van der Waals surface area contributed by atoms with Gasteiger partial charge in [-0.2, -0.15) is 0 Å². The van der Waals surface area contributed by atoms with Crippen molar-refractivity contribution in [1.29, 1.82) is 0 Å². The van der Waals surface area contributed by atoms with E-state index in [4.69, 9.17) is 9.15 Å². The average Bonchev–Trinajstić information content (AvgIpc) is 3.25. The van der Waals surface area contributed by atoms with Crippen LogP contribution in [0.3, 0.4) is 0 Å². The first-order valence-electron chi connectivity index (χ1n) is 12.0. The van der Waals surface area contributed by atoms with Gasteiger partial charge >= 0.3 is 17.9 Å². The maximum Gasteiger partial charge on any atom is 0.408 e. The highest BCUT2D eigenvalue weighted by Crippen LogP contribution is 2.26. The van der Waals surface area contributed by atoms with Crippen molar-refractivity contribution in [2.45, 2.75) is 71.6 Å². The molecule has 0 spiro atoms. The van der Waals surface area contributed by atoms with Crippen molar-refractivity contribution in [3.63, 3.8) is 0 Å². The normalized spacial score (nSPS) is 16.3. The standard InChI is InChI=1S/C25H35N5O5/c1-6-7-13-29-14-15-30(21(32)20(29)31)17-19-27-28-22(34-19)25(5,16-18-11-9-8-10-12-18)26-23(33)35-24(2,3)4/h8-12H,6-7,13-17H2,1-5H3,(H,26,33). The minimum absolute atomic E-state index is 0.0209. The molecule has 1 saturated heterocycles. The maximum absolute atomic E-state index is 12.6. The second-order valence-corrected chi connectivity index (χ2v) is 9.99. The highest BCUT2D eigenvalue weighted by atomic mass is 16.6. The molecule has 10 heteroatoms. The molecule has 0 saturated carbocycles. The molecule has 1 aliphatic rings. The average molecular weight is 486 g/mol. The Morgan fingerprint density at radius 2 is 1.71 bits per heavy atom. The van der Waals surface area contributed by atoms with Gasteiger partial charge in [0, 0.05) is 26.1 Å². The lowest BCUT2D eigenvalue weighted by Crippen LogP contribution is -2.54. The molecule has 3 rings (SSSR count). The zero-order valence-corrected chi connectivity index (χ0v) is 21.2. The number of carbonyl (C=O) groups is 3. The summed E-state index contributed by atoms with van der Waals surface area (Å²) in [7, 11) is 0. The second kappa shape index (κ2) is 10.9. The monoisotopic (exact) mass is 485 g/mol. The zero-order valence-electron chi connectivity index (χ0n) is 21.2. The smallest absolute Gasteiger partial charge is 0.408 e. The summed E-state index contributed by atoms with van der Waals surface area (Å²) in [6, 6.07) is 9.60. The number of rotatable bonds is 9. The Bertz CT molecular complexity index is 1030. The number of alkyl carbamates (subject to hydrolysis) is 1. The number of nitrogens with zero attached hydrogens (tertiary/aromatic N) is 4. The van der Waals surface area contributed by atoms with Gasteiger partial charge in [0.1, 0.15) is 11.1 Å². The molecule has 1 N–H and O–H groups in total. The Hall–Kier alpha value is -3.43. The third-order valence-corrected chi connectivity index (χ3v) is 5.62. The SMILES string of the molecule is CCCCN1CCN(Cc2nnc(C(C)(Cc3ccccc3)NC(=O)OC(C)(C)C)o2)C(=O)C1=O. The predicted octanol–water partition coefficient (Wildman–Crippen LogP) is 3.02. The summed E-state index contributed by atoms with van der Waals surface area (Å²) in [6.07, 6.45) is 1.57. The van der Waals surface area contributed by atoms with E-state index in [0.717, 1.165) is 18.4 Å². The van der Waals surface area contributed by atoms with Crippen LogP contribution >= 0.6 is 0 Å². The lowest BCUT2D eigenvalue weighted by molar-refractivity contribution is -0.156. The molecule has 10 nitrogen and oxygen atoms in total. The fraction of sp³-hybridized carbons (Fsp3) is 0.560. The van der Waals surface area contributed by atoms with E-state index < -0.39 is 29.0 Å². The molecule has 1 aliphatic heterocycles. The first kappa shape index (κ1) is 26.2. The van der Waals surface area contributed by atoms with Crippen molar-refractivity contribution in [3.8, 4) is 0 Å². The number of carbonyl (C=O) groups excluding carboxylic acids is 3. The second-order valence-electron chi connectivity index (χ2n) is 9.99. The quantitative estimate of drug-likeness (QED) is 0.543. The van der Waals surface area contributed by atoms with E-state index in [2.05, 4.69) is 15.5 Å². The van der Waals surface area contributed by atoms with E-state index in [-0.39, 0.29) is 18.3 Å². The minimum atomic E-state index is -1.06. The number of amides is 3. The van der Waals surface area contributed by atoms with Gasteiger partial charge in [-0.1, -0.05) is 43.7 Å². The van der Waals surface area contributed by atoms with Gasteiger partial charge in [0.15, 0.2) is 0 Å². The molecule has 2 heterocycles. The number of piperazine rings is 1. The van der Waals surface area contributed by atoms with Crippen LogP contribution in [0, 0.1) is 0 Å². The molecule has 1 fully saturated rings. The Morgan fingerprint density at radius 1 is 1.06 bits per heavy atom. The van der Waals surface area contributed by atoms with Crippen LogP contribution in [-0.4, -0.2) is 63.1 Å². The van der Waals surface area contributed by atoms with Crippen LogP contribution in [0.4, 0.5) is 4.79 Å². The van der Waals surface area contributed by atoms with Crippen molar-refractivity contribution in [3.05, 3.63) is 47.7 Å². The minimum Gasteiger partial charge on any atom is -0.444 e. The number of aromatic nitrogens is 2. The molecule has 35 heavy (non-hydrogen) atoms. The molecular weight excluding hydrogens is 450 g/mol. The fourth-order valence-corrected chi connectivity index (χ4v) is 3.84. The van der Waals surface area contributed by atoms with E-state index in [1.165, 1.54) is 4.90 Å². The molecule has 1 atom stereocenters. The molecule has 1 unspecified atom stereocenters. The van der Waals surface area contributed by atoms with Gasteiger partial charge < -0.3 is 24.3 Å². The summed E-state index contributed by atoms with van der Waals surface area (Å²) < 4.78 is 11.4. The van der Waals surface area contributed by atoms with Crippen LogP contribution in [0.2, 0.25) is 0 Å². The largest absolute Gasteiger partial charge is 0.444 e. The topological polar surface area (TPSA) is 118 Å². The third kappa shape index (κ3) is 7.03. The Balaban J connectivity index is 1.76. The Morgan fingerprint density at radius 3 is 2.37 bits per heavy atom. The molecule has 190 valence electrons. The van der Waals surface area contributed by atoms with Gasteiger partial charge in [0.2, 0.25) is 11.8 Å². The van der Waals surface area contributed by atoms with Crippen LogP contribution in [0.1, 0.15) is 64.8 Å². The first-order chi connectivity index (χ1) is 16.5. The van der Waals surface area contributed by atoms with Crippen LogP contribution < -0.4 is 5.32 Å². The van der Waals surface area contributed by atoms with E-state index in [1.54, 1.807) is 32.6 Å². The summed E-state index contributed by atoms with van der Waals surface area (Å²) in [5, 5.41) is 11.2. The van der Waals surface area contributed by atoms with Crippen molar-refractivity contribution in [2.24, 2.45) is 0 Å². The van der Waals surface area contributed by atoms with Crippen molar-refractivity contribution in [1.82, 2.24) is 25.3 Å². The van der Waals surface area contributed by atoms with E-state index >= 15 is 0 Å². The van der Waals surface area contributed by atoms with E-state index in [0.29, 0.717) is 26.1 Å². The Labute approximate surface area is 206 Å². The van der Waals surface area contributed by atoms with Gasteiger partial charge in [-0.15, -0.1) is 10.2 Å². The Kier molecular flexibility index (Phi) is 8.14. The van der Waals surface area contributed by atoms with Gasteiger partial charge in [-0.3, -0.25) is 9.59 Å². The number of ether oxygens (including phenoxy) is 1. The molecule has 3 amide bonds. The van der Waals surface area contributed by atoms with Crippen LogP contribution in [-0.2, 0) is 32.8 Å². The summed E-state index contributed by atoms with van der Waals surface area (Å²) in [5.41, 5.74) is -0.785. The van der Waals surface area contributed by atoms with Crippen molar-refractivity contribution < 1.29 is 23.5 Å². The van der Waals surface area contributed by atoms with Crippen LogP contribution in [0.15, 0.2) is 34.7 Å². The molecule has 0 aliphatic carbocycles. The zero-order chi connectivity index (χ0) is 25.6. The molecule has 1 aromatic heterocycles. The highest BCUT2D eigenvalue weighted by Gasteiger charge is 2.38. The summed E-state index contributed by atoms with van der Waals surface area (Å²) in [6.45, 7) is 10.6. The molecular formula is C25H35N5O5. The number of benzene rings is 1. The summed E-state index contributed by atoms with van der Waals surface area (Å²) >= 11 is 0. The van der Waals surface area contributed by atoms with Gasteiger partial charge in [0.25, 0.3) is 0 Å². The lowest BCUT2D eigenvalue weighted by Gasteiger charge is -2.33. The molecule has 0 radical (unpaired) electrons. The lowest BCUT2D eigenvalue weighted by atomic mass is 9.92. The van der Waals surface area contributed by atoms with Crippen molar-refractivity contribution in [2.75, 3.05) is 19.6 Å². The van der Waals surface area contributed by atoms with Gasteiger partial charge in [0.05, 0.1) is 6.54 Å². The van der Waals surface area contributed by atoms with Crippen LogP contribution in [0.25, 0.3) is 0 Å². The van der Waals surface area contributed by atoms with Crippen LogP contribution in [0.5, 0.6) is 0 Å². The summed E-state index contributed by atoms with van der Waals surface area (Å²) in [5.74, 6) is -0.716. The number of hydrogen-bond donors (Lipinski definition) is 1. The predicted molar refractivity (Wildman–Crippen MR) is 128 cm³/mol. The van der Waals surface area contributed by atoms with E-state index in [1.807, 2.05) is 37.3 Å². The van der Waals surface area contributed by atoms with Gasteiger partial charge in [-0.05, 0) is 39.7 Å². The number of unbranched alkanes of at least 4 members (excludes halogenated alkanes) is 1. The first-order valence-corrected chi connectivity index (χ1v) is 12.0. The highest BCUT2D eigenvalue weighted by molar-refractivity contribution is 6.35. The van der Waals surface area contributed by atoms with E-state index in [9.17, 15) is 14.4 Å². The maximum atomic E-state index is 12.6. The summed E-state index contributed by atoms with van der Waals surface area (Å²) in [4.78, 5) is 40.7. The molecule has 2 aromatic rings. The molecule has 0 bridgehead atoms. The number of hydrogen-bond acceptors (Lipinski definition) is 7. The fourth-order valence-electron chi connectivity index (χ4n) is 3.84. The number of nitrogens with one attached hydrogen (secondary N) is 1. The molecule has 1 aromatic carbocycles. The van der Waals surface area contributed by atoms with Gasteiger partial charge in [-0.25, -0.2) is 4.79 Å².